The van der Waals surface area contributed by atoms with E-state index >= 15 is 0 Å². The van der Waals surface area contributed by atoms with Gasteiger partial charge in [0.05, 0.1) is 5.56 Å². The van der Waals surface area contributed by atoms with Crippen LogP contribution in [0.1, 0.15) is 30.1 Å². The van der Waals surface area contributed by atoms with Crippen LogP contribution in [0.15, 0.2) is 24.3 Å². The van der Waals surface area contributed by atoms with Crippen LogP contribution >= 0.6 is 11.6 Å². The van der Waals surface area contributed by atoms with Crippen LogP contribution in [-0.4, -0.2) is 21.9 Å². The Labute approximate surface area is 110 Å². The Kier molecular flexibility index (Phi) is 3.30. The summed E-state index contributed by atoms with van der Waals surface area (Å²) in [6.07, 6.45) is 1.64. The summed E-state index contributed by atoms with van der Waals surface area (Å²) in [6, 6.07) is 6.39. The zero-order chi connectivity index (χ0) is 13.3. The molecule has 1 saturated carbocycles. The van der Waals surface area contributed by atoms with Gasteiger partial charge in [0, 0.05) is 5.92 Å². The molecule has 0 spiro atoms. The molecule has 18 heavy (non-hydrogen) atoms. The van der Waals surface area contributed by atoms with E-state index in [0.717, 1.165) is 12.8 Å². The smallest absolute Gasteiger partial charge is 0.348 e. The first kappa shape index (κ1) is 12.9. The van der Waals surface area contributed by atoms with Gasteiger partial charge in [0.15, 0.2) is 0 Å². The first-order valence-electron chi connectivity index (χ1n) is 5.66. The third kappa shape index (κ3) is 2.34. The SMILES string of the molecule is CC(Oc1ccccc1C(=O)Cl)(C(=O)O)C1CC1. The molecule has 1 aromatic carbocycles. The molecule has 0 bridgehead atoms. The van der Waals surface area contributed by atoms with Crippen molar-refractivity contribution >= 4 is 22.8 Å². The summed E-state index contributed by atoms with van der Waals surface area (Å²) in [7, 11) is 0. The number of carbonyl (C=O) groups excluding carboxylic acids is 1. The van der Waals surface area contributed by atoms with Gasteiger partial charge >= 0.3 is 5.97 Å². The number of rotatable bonds is 5. The molecule has 1 aliphatic rings. The third-order valence-corrected chi connectivity index (χ3v) is 3.41. The zero-order valence-electron chi connectivity index (χ0n) is 9.85. The van der Waals surface area contributed by atoms with Crippen molar-refractivity contribution in [3.05, 3.63) is 29.8 Å². The second-order valence-electron chi connectivity index (χ2n) is 4.56. The molecule has 0 radical (unpaired) electrons. The minimum atomic E-state index is -1.30. The number of benzene rings is 1. The average Bonchev–Trinajstić information content (AvgIpc) is 3.13. The molecule has 0 saturated heterocycles. The number of ether oxygens (including phenoxy) is 1. The molecule has 1 N–H and O–H groups in total. The summed E-state index contributed by atoms with van der Waals surface area (Å²) >= 11 is 5.45. The van der Waals surface area contributed by atoms with Crippen LogP contribution in [0, 0.1) is 5.92 Å². The predicted octanol–water partition coefficient (Wildman–Crippen LogP) is 2.70. The van der Waals surface area contributed by atoms with E-state index < -0.39 is 16.8 Å². The third-order valence-electron chi connectivity index (χ3n) is 3.20. The molecule has 0 heterocycles. The van der Waals surface area contributed by atoms with E-state index in [0.29, 0.717) is 0 Å². The van der Waals surface area contributed by atoms with Gasteiger partial charge in [-0.25, -0.2) is 4.79 Å². The number of hydrogen-bond donors (Lipinski definition) is 1. The van der Waals surface area contributed by atoms with E-state index in [2.05, 4.69) is 0 Å². The standard InChI is InChI=1S/C13H13ClO4/c1-13(12(16)17,8-6-7-8)18-10-5-3-2-4-9(10)11(14)15/h2-5,8H,6-7H2,1H3,(H,16,17). The Balaban J connectivity index is 2.32. The molecular formula is C13H13ClO4. The highest BCUT2D eigenvalue weighted by molar-refractivity contribution is 6.68. The monoisotopic (exact) mass is 268 g/mol. The number of halogens is 1. The van der Waals surface area contributed by atoms with Gasteiger partial charge in [-0.15, -0.1) is 0 Å². The average molecular weight is 269 g/mol. The van der Waals surface area contributed by atoms with E-state index in [4.69, 9.17) is 16.3 Å². The van der Waals surface area contributed by atoms with Crippen LogP contribution in [0.3, 0.4) is 0 Å². The number of carbonyl (C=O) groups is 2. The molecule has 0 aromatic heterocycles. The van der Waals surface area contributed by atoms with Crippen molar-refractivity contribution in [3.63, 3.8) is 0 Å². The molecule has 1 atom stereocenters. The maximum Gasteiger partial charge on any atom is 0.348 e. The van der Waals surface area contributed by atoms with Crippen molar-refractivity contribution in [2.45, 2.75) is 25.4 Å². The van der Waals surface area contributed by atoms with Gasteiger partial charge in [-0.1, -0.05) is 12.1 Å². The fraction of sp³-hybridized carbons (Fsp3) is 0.385. The highest BCUT2D eigenvalue weighted by atomic mass is 35.5. The predicted molar refractivity (Wildman–Crippen MR) is 66.0 cm³/mol. The van der Waals surface area contributed by atoms with Crippen LogP contribution < -0.4 is 4.74 Å². The van der Waals surface area contributed by atoms with E-state index in [1.165, 1.54) is 13.0 Å². The van der Waals surface area contributed by atoms with Gasteiger partial charge in [0.1, 0.15) is 5.75 Å². The maximum atomic E-state index is 11.3. The lowest BCUT2D eigenvalue weighted by molar-refractivity contribution is -0.155. The highest BCUT2D eigenvalue weighted by Gasteiger charge is 2.50. The van der Waals surface area contributed by atoms with Crippen molar-refractivity contribution in [3.8, 4) is 5.75 Å². The molecule has 1 aliphatic carbocycles. The van der Waals surface area contributed by atoms with E-state index in [1.807, 2.05) is 0 Å². The molecule has 2 rings (SSSR count). The summed E-state index contributed by atoms with van der Waals surface area (Å²) < 4.78 is 5.57. The molecule has 96 valence electrons. The van der Waals surface area contributed by atoms with Crippen molar-refractivity contribution in [2.75, 3.05) is 0 Å². The Morgan fingerprint density at radius 1 is 1.39 bits per heavy atom. The van der Waals surface area contributed by atoms with Crippen LogP contribution in [-0.2, 0) is 4.79 Å². The van der Waals surface area contributed by atoms with Gasteiger partial charge in [0.25, 0.3) is 5.24 Å². The lowest BCUT2D eigenvalue weighted by atomic mass is 10.0. The molecular weight excluding hydrogens is 256 g/mol. The number of aliphatic carboxylic acids is 1. The number of carboxylic acid groups (broad SMARTS) is 1. The Hall–Kier alpha value is -1.55. The van der Waals surface area contributed by atoms with Crippen LogP contribution in [0.4, 0.5) is 0 Å². The first-order chi connectivity index (χ1) is 8.45. The van der Waals surface area contributed by atoms with E-state index in [-0.39, 0.29) is 17.2 Å². The maximum absolute atomic E-state index is 11.3. The molecule has 1 unspecified atom stereocenters. The van der Waals surface area contributed by atoms with Crippen molar-refractivity contribution < 1.29 is 19.4 Å². The fourth-order valence-corrected chi connectivity index (χ4v) is 2.04. The van der Waals surface area contributed by atoms with E-state index in [1.54, 1.807) is 18.2 Å². The Morgan fingerprint density at radius 3 is 2.50 bits per heavy atom. The van der Waals surface area contributed by atoms with Crippen LogP contribution in [0.5, 0.6) is 5.75 Å². The van der Waals surface area contributed by atoms with Gasteiger partial charge in [0.2, 0.25) is 5.60 Å². The molecule has 0 aliphatic heterocycles. The van der Waals surface area contributed by atoms with Crippen LogP contribution in [0.25, 0.3) is 0 Å². The van der Waals surface area contributed by atoms with Crippen molar-refractivity contribution in [2.24, 2.45) is 5.92 Å². The van der Waals surface area contributed by atoms with Crippen LogP contribution in [0.2, 0.25) is 0 Å². The summed E-state index contributed by atoms with van der Waals surface area (Å²) in [5.74, 6) is -0.829. The largest absolute Gasteiger partial charge is 0.478 e. The van der Waals surface area contributed by atoms with Gasteiger partial charge < -0.3 is 9.84 Å². The second kappa shape index (κ2) is 4.61. The van der Waals surface area contributed by atoms with Crippen molar-refractivity contribution in [1.82, 2.24) is 0 Å². The van der Waals surface area contributed by atoms with Crippen molar-refractivity contribution in [1.29, 1.82) is 0 Å². The summed E-state index contributed by atoms with van der Waals surface area (Å²) in [4.78, 5) is 22.6. The quantitative estimate of drug-likeness (QED) is 0.834. The van der Waals surface area contributed by atoms with Gasteiger partial charge in [-0.3, -0.25) is 4.79 Å². The summed E-state index contributed by atoms with van der Waals surface area (Å²) in [6.45, 7) is 1.53. The van der Waals surface area contributed by atoms with Gasteiger partial charge in [-0.05, 0) is 43.5 Å². The normalized spacial score (nSPS) is 17.9. The molecule has 1 fully saturated rings. The van der Waals surface area contributed by atoms with E-state index in [9.17, 15) is 14.7 Å². The molecule has 0 amide bonds. The minimum Gasteiger partial charge on any atom is -0.478 e. The number of carboxylic acids is 1. The fourth-order valence-electron chi connectivity index (χ4n) is 1.88. The Morgan fingerprint density at radius 2 is 2.00 bits per heavy atom. The number of para-hydroxylation sites is 1. The minimum absolute atomic E-state index is 0.0199. The zero-order valence-corrected chi connectivity index (χ0v) is 10.6. The molecule has 5 heteroatoms. The highest BCUT2D eigenvalue weighted by Crippen LogP contribution is 2.43. The Bertz CT molecular complexity index is 496. The number of hydrogen-bond acceptors (Lipinski definition) is 3. The second-order valence-corrected chi connectivity index (χ2v) is 4.90. The molecule has 1 aromatic rings. The summed E-state index contributed by atoms with van der Waals surface area (Å²) in [5.41, 5.74) is -1.12. The van der Waals surface area contributed by atoms with Gasteiger partial charge in [-0.2, -0.15) is 0 Å². The lowest BCUT2D eigenvalue weighted by Gasteiger charge is -2.27. The first-order valence-corrected chi connectivity index (χ1v) is 6.04. The topological polar surface area (TPSA) is 63.6 Å². The summed E-state index contributed by atoms with van der Waals surface area (Å²) in [5, 5.41) is 8.63. The lowest BCUT2D eigenvalue weighted by Crippen LogP contribution is -2.44. The molecule has 4 nitrogen and oxygen atoms in total.